The van der Waals surface area contributed by atoms with Crippen LogP contribution >= 0.6 is 0 Å². The number of dihydropyridines is 1. The van der Waals surface area contributed by atoms with Crippen LogP contribution in [0.25, 0.3) is 0 Å². The van der Waals surface area contributed by atoms with Crippen LogP contribution in [0.5, 0.6) is 0 Å². The number of nitrogens with one attached hydrogen (secondary N) is 1. The van der Waals surface area contributed by atoms with Gasteiger partial charge in [-0.05, 0) is 45.2 Å². The summed E-state index contributed by atoms with van der Waals surface area (Å²) in [4.78, 5) is 38.9. The van der Waals surface area contributed by atoms with Gasteiger partial charge in [0, 0.05) is 23.6 Å². The molecule has 31 heavy (non-hydrogen) atoms. The summed E-state index contributed by atoms with van der Waals surface area (Å²) in [7, 11) is 1.27. The molecule has 0 amide bonds. The standard InChI is InChI=1S/C23H29NO7/c1-6-29-9-10-30-23(27)18-14(4)24-15-11-12(2)17(22(26)28-5)21(25)19(15)20(18)16-8-7-13(3)31-16/h7-8,12,17,20,24H,6,9-11H2,1-5H3/t12-,17-,20+/m0/s1. The van der Waals surface area contributed by atoms with Crippen molar-refractivity contribution in [3.8, 4) is 0 Å². The fraction of sp³-hybridized carbons (Fsp3) is 0.522. The molecule has 0 saturated heterocycles. The molecule has 0 unspecified atom stereocenters. The number of methoxy groups -OCH3 is 1. The van der Waals surface area contributed by atoms with Crippen LogP contribution in [0, 0.1) is 18.8 Å². The average Bonchev–Trinajstić information content (AvgIpc) is 3.15. The second-order valence-corrected chi connectivity index (χ2v) is 7.82. The minimum absolute atomic E-state index is 0.0923. The summed E-state index contributed by atoms with van der Waals surface area (Å²) < 4.78 is 21.4. The third kappa shape index (κ3) is 4.44. The van der Waals surface area contributed by atoms with E-state index in [1.165, 1.54) is 7.11 Å². The van der Waals surface area contributed by atoms with E-state index in [1.54, 1.807) is 26.0 Å². The highest BCUT2D eigenvalue weighted by Crippen LogP contribution is 2.45. The quantitative estimate of drug-likeness (QED) is 0.399. The Morgan fingerprint density at radius 1 is 1.23 bits per heavy atom. The summed E-state index contributed by atoms with van der Waals surface area (Å²) in [6.45, 7) is 8.15. The Bertz CT molecular complexity index is 939. The maximum absolute atomic E-state index is 13.5. The van der Waals surface area contributed by atoms with Gasteiger partial charge in [-0.25, -0.2) is 4.79 Å². The van der Waals surface area contributed by atoms with Crippen LogP contribution in [0.2, 0.25) is 0 Å². The average molecular weight is 431 g/mol. The maximum atomic E-state index is 13.5. The Hall–Kier alpha value is -2.87. The van der Waals surface area contributed by atoms with Gasteiger partial charge in [0.1, 0.15) is 24.0 Å². The molecule has 8 heteroatoms. The number of esters is 2. The van der Waals surface area contributed by atoms with Gasteiger partial charge in [0.2, 0.25) is 0 Å². The zero-order valence-corrected chi connectivity index (χ0v) is 18.6. The van der Waals surface area contributed by atoms with Crippen LogP contribution in [0.4, 0.5) is 0 Å². The van der Waals surface area contributed by atoms with Crippen LogP contribution < -0.4 is 5.32 Å². The lowest BCUT2D eigenvalue weighted by molar-refractivity contribution is -0.151. The number of rotatable bonds is 7. The van der Waals surface area contributed by atoms with Crippen molar-refractivity contribution in [3.63, 3.8) is 0 Å². The van der Waals surface area contributed by atoms with Crippen LogP contribution in [0.3, 0.4) is 0 Å². The molecule has 1 aromatic heterocycles. The third-order valence-corrected chi connectivity index (χ3v) is 5.67. The number of carbonyl (C=O) groups excluding carboxylic acids is 3. The lowest BCUT2D eigenvalue weighted by atomic mass is 9.70. The molecule has 0 spiro atoms. The normalized spacial score (nSPS) is 23.4. The summed E-state index contributed by atoms with van der Waals surface area (Å²) >= 11 is 0. The van der Waals surface area contributed by atoms with Crippen molar-refractivity contribution in [2.45, 2.75) is 40.0 Å². The van der Waals surface area contributed by atoms with Crippen molar-refractivity contribution in [2.75, 3.05) is 26.9 Å². The summed E-state index contributed by atoms with van der Waals surface area (Å²) in [5.41, 5.74) is 1.93. The Morgan fingerprint density at radius 3 is 2.58 bits per heavy atom. The molecule has 1 aliphatic carbocycles. The highest BCUT2D eigenvalue weighted by atomic mass is 16.6. The molecule has 168 valence electrons. The first-order valence-corrected chi connectivity index (χ1v) is 10.4. The Balaban J connectivity index is 2.03. The fourth-order valence-corrected chi connectivity index (χ4v) is 4.26. The first kappa shape index (κ1) is 22.8. The molecule has 0 aromatic carbocycles. The molecular formula is C23H29NO7. The number of furan rings is 1. The van der Waals surface area contributed by atoms with Crippen LogP contribution in [-0.4, -0.2) is 44.7 Å². The van der Waals surface area contributed by atoms with E-state index in [0.29, 0.717) is 41.5 Å². The van der Waals surface area contributed by atoms with E-state index in [-0.39, 0.29) is 30.5 Å². The summed E-state index contributed by atoms with van der Waals surface area (Å²) in [5, 5.41) is 3.21. The zero-order valence-electron chi connectivity index (χ0n) is 18.6. The van der Waals surface area contributed by atoms with Gasteiger partial charge in [-0.15, -0.1) is 0 Å². The number of Topliss-reactive ketones (excluding diaryl/α,β-unsaturated/α-hetero) is 1. The molecule has 3 atom stereocenters. The Morgan fingerprint density at radius 2 is 1.97 bits per heavy atom. The highest BCUT2D eigenvalue weighted by Gasteiger charge is 2.48. The molecule has 1 aromatic rings. The van der Waals surface area contributed by atoms with Gasteiger partial charge in [-0.2, -0.15) is 0 Å². The number of ether oxygens (including phenoxy) is 3. The summed E-state index contributed by atoms with van der Waals surface area (Å²) in [6.07, 6.45) is 0.473. The topological polar surface area (TPSA) is 104 Å². The minimum Gasteiger partial charge on any atom is -0.468 e. The molecule has 2 aliphatic rings. The smallest absolute Gasteiger partial charge is 0.336 e. The lowest BCUT2D eigenvalue weighted by Crippen LogP contribution is -2.43. The number of aryl methyl sites for hydroxylation is 1. The predicted molar refractivity (Wildman–Crippen MR) is 111 cm³/mol. The van der Waals surface area contributed by atoms with Crippen molar-refractivity contribution in [1.29, 1.82) is 0 Å². The van der Waals surface area contributed by atoms with Gasteiger partial charge in [-0.1, -0.05) is 6.92 Å². The lowest BCUT2D eigenvalue weighted by Gasteiger charge is -2.37. The molecule has 1 N–H and O–H groups in total. The number of allylic oxidation sites excluding steroid dienone is 3. The zero-order chi connectivity index (χ0) is 22.7. The van der Waals surface area contributed by atoms with Gasteiger partial charge in [0.25, 0.3) is 0 Å². The van der Waals surface area contributed by atoms with E-state index in [4.69, 9.17) is 18.6 Å². The van der Waals surface area contributed by atoms with Gasteiger partial charge in [0.15, 0.2) is 5.78 Å². The third-order valence-electron chi connectivity index (χ3n) is 5.67. The molecule has 8 nitrogen and oxygen atoms in total. The number of carbonyl (C=O) groups is 3. The second-order valence-electron chi connectivity index (χ2n) is 7.82. The van der Waals surface area contributed by atoms with Gasteiger partial charge in [0.05, 0.1) is 25.2 Å². The van der Waals surface area contributed by atoms with E-state index in [1.807, 2.05) is 13.8 Å². The first-order chi connectivity index (χ1) is 14.8. The number of hydrogen-bond donors (Lipinski definition) is 1. The second kappa shape index (κ2) is 9.51. The minimum atomic E-state index is -0.933. The number of ketones is 1. The van der Waals surface area contributed by atoms with Crippen LogP contribution in [0.15, 0.2) is 39.1 Å². The van der Waals surface area contributed by atoms with E-state index < -0.39 is 23.8 Å². The summed E-state index contributed by atoms with van der Waals surface area (Å²) in [6, 6.07) is 3.52. The largest absolute Gasteiger partial charge is 0.468 e. The summed E-state index contributed by atoms with van der Waals surface area (Å²) in [5.74, 6) is -2.33. The van der Waals surface area contributed by atoms with Crippen molar-refractivity contribution in [2.24, 2.45) is 11.8 Å². The van der Waals surface area contributed by atoms with Crippen LogP contribution in [-0.2, 0) is 28.6 Å². The molecule has 0 bridgehead atoms. The van der Waals surface area contributed by atoms with E-state index >= 15 is 0 Å². The van der Waals surface area contributed by atoms with E-state index in [0.717, 1.165) is 0 Å². The van der Waals surface area contributed by atoms with Crippen LogP contribution in [0.1, 0.15) is 44.6 Å². The van der Waals surface area contributed by atoms with E-state index in [2.05, 4.69) is 5.32 Å². The van der Waals surface area contributed by atoms with Crippen molar-refractivity contribution in [3.05, 3.63) is 46.2 Å². The van der Waals surface area contributed by atoms with Crippen molar-refractivity contribution >= 4 is 17.7 Å². The van der Waals surface area contributed by atoms with Gasteiger partial charge < -0.3 is 23.9 Å². The van der Waals surface area contributed by atoms with Gasteiger partial charge >= 0.3 is 11.9 Å². The fourth-order valence-electron chi connectivity index (χ4n) is 4.26. The Labute approximate surface area is 181 Å². The molecule has 0 fully saturated rings. The molecule has 0 radical (unpaired) electrons. The predicted octanol–water partition coefficient (Wildman–Crippen LogP) is 2.78. The molecule has 0 saturated carbocycles. The highest BCUT2D eigenvalue weighted by molar-refractivity contribution is 6.12. The first-order valence-electron chi connectivity index (χ1n) is 10.4. The number of hydrogen-bond acceptors (Lipinski definition) is 8. The molecular weight excluding hydrogens is 402 g/mol. The molecule has 3 rings (SSSR count). The monoisotopic (exact) mass is 431 g/mol. The molecule has 2 heterocycles. The maximum Gasteiger partial charge on any atom is 0.336 e. The molecule has 1 aliphatic heterocycles. The van der Waals surface area contributed by atoms with E-state index in [9.17, 15) is 14.4 Å². The van der Waals surface area contributed by atoms with Crippen molar-refractivity contribution in [1.82, 2.24) is 5.32 Å². The SMILES string of the molecule is CCOCCOC(=O)C1=C(C)NC2=C(C(=O)[C@@H](C(=O)OC)[C@@H](C)C2)[C@@H]1c1ccc(C)o1. The van der Waals surface area contributed by atoms with Crippen molar-refractivity contribution < 1.29 is 33.0 Å². The Kier molecular flexibility index (Phi) is 7.00. The van der Waals surface area contributed by atoms with Gasteiger partial charge in [-0.3, -0.25) is 9.59 Å².